The average molecular weight is 695 g/mol. The van der Waals surface area contributed by atoms with E-state index in [-0.39, 0.29) is 6.61 Å². The van der Waals surface area contributed by atoms with E-state index in [9.17, 15) is 0 Å². The number of hydrogen-bond donors (Lipinski definition) is 0. The predicted molar refractivity (Wildman–Crippen MR) is 182 cm³/mol. The van der Waals surface area contributed by atoms with E-state index in [1.54, 1.807) is 21.3 Å². The normalized spacial score (nSPS) is 32.3. The molecule has 0 radical (unpaired) electrons. The highest BCUT2D eigenvalue weighted by atomic mass is 16.8. The molecule has 3 aliphatic heterocycles. The number of hydrogen-bond acceptors (Lipinski definition) is 11. The van der Waals surface area contributed by atoms with Gasteiger partial charge in [-0.25, -0.2) is 0 Å². The van der Waals surface area contributed by atoms with Crippen molar-refractivity contribution < 1.29 is 52.1 Å². The summed E-state index contributed by atoms with van der Waals surface area (Å²) >= 11 is 0. The molecule has 10 atom stereocenters. The molecule has 3 aromatic carbocycles. The van der Waals surface area contributed by atoms with Gasteiger partial charge < -0.3 is 52.1 Å². The van der Waals surface area contributed by atoms with Crippen LogP contribution in [0.2, 0.25) is 0 Å². The molecule has 3 fully saturated rings. The maximum atomic E-state index is 6.96. The molecule has 0 N–H and O–H groups in total. The second-order valence-electron chi connectivity index (χ2n) is 13.1. The summed E-state index contributed by atoms with van der Waals surface area (Å²) < 4.78 is 69.9. The Labute approximate surface area is 294 Å². The van der Waals surface area contributed by atoms with Crippen molar-refractivity contribution in [2.45, 2.75) is 101 Å². The third kappa shape index (κ3) is 9.17. The summed E-state index contributed by atoms with van der Waals surface area (Å²) in [4.78, 5) is 0. The molecule has 0 aromatic heterocycles. The van der Waals surface area contributed by atoms with E-state index in [0.29, 0.717) is 26.4 Å². The second-order valence-corrected chi connectivity index (χ2v) is 13.1. The Kier molecular flexibility index (Phi) is 13.0. The van der Waals surface area contributed by atoms with Gasteiger partial charge >= 0.3 is 0 Å². The largest absolute Gasteiger partial charge is 0.376 e. The van der Waals surface area contributed by atoms with E-state index in [0.717, 1.165) is 16.7 Å². The molecular formula is C39H50O11. The van der Waals surface area contributed by atoms with Gasteiger partial charge in [0.25, 0.3) is 0 Å². The first-order chi connectivity index (χ1) is 24.4. The van der Waals surface area contributed by atoms with Gasteiger partial charge in [0.15, 0.2) is 18.4 Å². The fourth-order valence-electron chi connectivity index (χ4n) is 6.71. The number of ether oxygens (including phenoxy) is 11. The van der Waals surface area contributed by atoms with Gasteiger partial charge in [0, 0.05) is 21.3 Å². The van der Waals surface area contributed by atoms with Crippen molar-refractivity contribution in [2.24, 2.45) is 0 Å². The SMILES string of the molecule is COC1[C@H](O[C@H]2C(OCc3ccccc3)C(OCc3ccccc3)[C@@H](OC)O[C@H]2COCc2ccccc2)OC2COC(C)(C)O[C@H]2[C@H]1OC. The van der Waals surface area contributed by atoms with Gasteiger partial charge in [-0.1, -0.05) is 91.0 Å². The maximum Gasteiger partial charge on any atom is 0.187 e. The highest BCUT2D eigenvalue weighted by Gasteiger charge is 2.56. The summed E-state index contributed by atoms with van der Waals surface area (Å²) in [5, 5.41) is 0. The molecule has 272 valence electrons. The van der Waals surface area contributed by atoms with Gasteiger partial charge in [-0.2, -0.15) is 0 Å². The standard InChI is InChI=1S/C39H50O11/c1-39(2)46-25-30-32(50-39)33(40-3)35(41-4)38(48-30)49-31-29(24-43-21-26-15-9-6-10-16-26)47-37(42-5)36(45-23-28-19-13-8-14-20-28)34(31)44-22-27-17-11-7-12-18-27/h6-20,29-38H,21-25H2,1-5H3/t29-,30?,31+,32+,33+,34?,35?,36?,37-,38-/m0/s1. The predicted octanol–water partition coefficient (Wildman–Crippen LogP) is 5.04. The molecule has 3 heterocycles. The van der Waals surface area contributed by atoms with Crippen LogP contribution in [-0.4, -0.2) is 102 Å². The lowest BCUT2D eigenvalue weighted by Gasteiger charge is -2.52. The summed E-state index contributed by atoms with van der Waals surface area (Å²) in [5.41, 5.74) is 3.03. The Balaban J connectivity index is 1.31. The van der Waals surface area contributed by atoms with Gasteiger partial charge in [0.05, 0.1) is 33.0 Å². The Morgan fingerprint density at radius 3 is 1.72 bits per heavy atom. The van der Waals surface area contributed by atoms with E-state index in [4.69, 9.17) is 52.1 Å². The topological polar surface area (TPSA) is 102 Å². The van der Waals surface area contributed by atoms with Crippen LogP contribution < -0.4 is 0 Å². The first-order valence-corrected chi connectivity index (χ1v) is 17.2. The summed E-state index contributed by atoms with van der Waals surface area (Å²) in [5.74, 6) is -0.805. The van der Waals surface area contributed by atoms with Crippen LogP contribution in [0.1, 0.15) is 30.5 Å². The summed E-state index contributed by atoms with van der Waals surface area (Å²) in [6.45, 7) is 5.21. The molecule has 0 aliphatic carbocycles. The second kappa shape index (κ2) is 17.6. The molecule has 11 heteroatoms. The number of rotatable bonds is 15. The molecule has 11 nitrogen and oxygen atoms in total. The van der Waals surface area contributed by atoms with Crippen molar-refractivity contribution in [2.75, 3.05) is 34.5 Å². The Hall–Kier alpha value is -2.78. The van der Waals surface area contributed by atoms with Gasteiger partial charge in [-0.05, 0) is 30.5 Å². The zero-order chi connectivity index (χ0) is 34.9. The maximum absolute atomic E-state index is 6.96. The summed E-state index contributed by atoms with van der Waals surface area (Å²) in [6, 6.07) is 29.9. The van der Waals surface area contributed by atoms with E-state index >= 15 is 0 Å². The molecule has 3 saturated heterocycles. The highest BCUT2D eigenvalue weighted by molar-refractivity contribution is 5.15. The first-order valence-electron chi connectivity index (χ1n) is 17.2. The molecule has 0 amide bonds. The van der Waals surface area contributed by atoms with Crippen molar-refractivity contribution in [3.05, 3.63) is 108 Å². The van der Waals surface area contributed by atoms with Crippen LogP contribution in [0.4, 0.5) is 0 Å². The Morgan fingerprint density at radius 1 is 0.600 bits per heavy atom. The molecule has 6 rings (SSSR count). The lowest BCUT2D eigenvalue weighted by atomic mass is 9.95. The molecule has 50 heavy (non-hydrogen) atoms. The number of fused-ring (bicyclic) bond motifs is 1. The smallest absolute Gasteiger partial charge is 0.187 e. The van der Waals surface area contributed by atoms with Crippen LogP contribution in [-0.2, 0) is 71.9 Å². The Bertz CT molecular complexity index is 1410. The van der Waals surface area contributed by atoms with Crippen molar-refractivity contribution in [1.82, 2.24) is 0 Å². The number of methoxy groups -OCH3 is 3. The fraction of sp³-hybridized carbons (Fsp3) is 0.538. The van der Waals surface area contributed by atoms with E-state index in [1.807, 2.05) is 105 Å². The molecular weight excluding hydrogens is 644 g/mol. The third-order valence-corrected chi connectivity index (χ3v) is 9.23. The van der Waals surface area contributed by atoms with E-state index in [1.165, 1.54) is 0 Å². The van der Waals surface area contributed by atoms with Crippen molar-refractivity contribution in [1.29, 1.82) is 0 Å². The van der Waals surface area contributed by atoms with Crippen molar-refractivity contribution in [3.63, 3.8) is 0 Å². The van der Waals surface area contributed by atoms with Gasteiger partial charge in [-0.3, -0.25) is 0 Å². The van der Waals surface area contributed by atoms with E-state index < -0.39 is 67.2 Å². The van der Waals surface area contributed by atoms with Crippen LogP contribution in [0, 0.1) is 0 Å². The Morgan fingerprint density at radius 2 is 1.16 bits per heavy atom. The minimum Gasteiger partial charge on any atom is -0.376 e. The van der Waals surface area contributed by atoms with E-state index in [2.05, 4.69) is 0 Å². The lowest BCUT2D eigenvalue weighted by Crippen LogP contribution is -2.68. The lowest BCUT2D eigenvalue weighted by molar-refractivity contribution is -0.404. The molecule has 3 aromatic rings. The molecule has 0 bridgehead atoms. The highest BCUT2D eigenvalue weighted by Crippen LogP contribution is 2.38. The van der Waals surface area contributed by atoms with Gasteiger partial charge in [-0.15, -0.1) is 0 Å². The minimum absolute atomic E-state index is 0.181. The van der Waals surface area contributed by atoms with Crippen molar-refractivity contribution in [3.8, 4) is 0 Å². The van der Waals surface area contributed by atoms with Gasteiger partial charge in [0.2, 0.25) is 0 Å². The van der Waals surface area contributed by atoms with Crippen molar-refractivity contribution >= 4 is 0 Å². The van der Waals surface area contributed by atoms with Gasteiger partial charge in [0.1, 0.15) is 48.8 Å². The first kappa shape index (κ1) is 37.0. The average Bonchev–Trinajstić information content (AvgIpc) is 3.14. The molecule has 3 aliphatic rings. The van der Waals surface area contributed by atoms with Crippen LogP contribution in [0.25, 0.3) is 0 Å². The van der Waals surface area contributed by atoms with Crippen LogP contribution >= 0.6 is 0 Å². The van der Waals surface area contributed by atoms with Crippen LogP contribution in [0.5, 0.6) is 0 Å². The van der Waals surface area contributed by atoms with Crippen LogP contribution in [0.15, 0.2) is 91.0 Å². The fourth-order valence-corrected chi connectivity index (χ4v) is 6.71. The molecule has 0 saturated carbocycles. The third-order valence-electron chi connectivity index (χ3n) is 9.23. The van der Waals surface area contributed by atoms with Crippen LogP contribution in [0.3, 0.4) is 0 Å². The minimum atomic E-state index is -0.901. The monoisotopic (exact) mass is 694 g/mol. The zero-order valence-corrected chi connectivity index (χ0v) is 29.5. The zero-order valence-electron chi connectivity index (χ0n) is 29.5. The quantitative estimate of drug-likeness (QED) is 0.214. The summed E-state index contributed by atoms with van der Waals surface area (Å²) in [7, 11) is 4.84. The molecule has 0 spiro atoms. The number of benzene rings is 3. The summed E-state index contributed by atoms with van der Waals surface area (Å²) in [6.07, 6.45) is -6.51. The molecule has 4 unspecified atom stereocenters.